The maximum absolute atomic E-state index is 13.2. The molecule has 1 aromatic rings. The van der Waals surface area contributed by atoms with E-state index in [9.17, 15) is 39.0 Å². The summed E-state index contributed by atoms with van der Waals surface area (Å²) >= 11 is 0. The lowest BCUT2D eigenvalue weighted by Crippen LogP contribution is -2.61. The number of carbonyl (C=O) groups is 6. The number of carboxylic acids is 1. The Morgan fingerprint density at radius 1 is 0.805 bits per heavy atom. The average Bonchev–Trinajstić information content (AvgIpc) is 2.89. The standard InChI is InChI=1S/C26H40N6O9/c1-13(2)9-17(30-25(39)21(14(3)34)32-22(36)16(27)12-33)23(37)29-18(11-20(28)35)24(38)31-19(26(40)41)10-15-7-5-4-6-8-15/h4-8,13-14,16-19,21,33-34H,9-12,27H2,1-3H3,(H2,28,35)(H,29,37)(H,30,39)(H,31,38)(H,32,36)(H,40,41). The van der Waals surface area contributed by atoms with Gasteiger partial charge in [0.25, 0.3) is 0 Å². The molecule has 11 N–H and O–H groups in total. The summed E-state index contributed by atoms with van der Waals surface area (Å²) in [6.45, 7) is 3.99. The fourth-order valence-electron chi connectivity index (χ4n) is 3.72. The van der Waals surface area contributed by atoms with Gasteiger partial charge in [-0.3, -0.25) is 24.0 Å². The van der Waals surface area contributed by atoms with Crippen molar-refractivity contribution < 1.29 is 44.1 Å². The number of nitrogens with two attached hydrogens (primary N) is 2. The summed E-state index contributed by atoms with van der Waals surface area (Å²) < 4.78 is 0. The number of amides is 5. The average molecular weight is 581 g/mol. The van der Waals surface area contributed by atoms with Crippen LogP contribution in [0.4, 0.5) is 0 Å². The highest BCUT2D eigenvalue weighted by molar-refractivity contribution is 5.97. The van der Waals surface area contributed by atoms with Crippen molar-refractivity contribution in [3.8, 4) is 0 Å². The number of aliphatic carboxylic acids is 1. The van der Waals surface area contributed by atoms with E-state index >= 15 is 0 Å². The quantitative estimate of drug-likeness (QED) is 0.0894. The number of carbonyl (C=O) groups excluding carboxylic acids is 5. The number of hydrogen-bond donors (Lipinski definition) is 9. The normalized spacial score (nSPS) is 15.4. The smallest absolute Gasteiger partial charge is 0.326 e. The number of benzene rings is 1. The second-order valence-corrected chi connectivity index (χ2v) is 10.0. The summed E-state index contributed by atoms with van der Waals surface area (Å²) in [6, 6.07) is 1.33. The van der Waals surface area contributed by atoms with E-state index < -0.39 is 84.8 Å². The molecule has 0 heterocycles. The van der Waals surface area contributed by atoms with E-state index in [4.69, 9.17) is 16.6 Å². The maximum Gasteiger partial charge on any atom is 0.326 e. The van der Waals surface area contributed by atoms with Crippen LogP contribution in [0.5, 0.6) is 0 Å². The molecule has 228 valence electrons. The van der Waals surface area contributed by atoms with Gasteiger partial charge in [0.1, 0.15) is 30.2 Å². The highest BCUT2D eigenvalue weighted by Gasteiger charge is 2.34. The summed E-state index contributed by atoms with van der Waals surface area (Å²) in [6.07, 6.45) is -2.11. The van der Waals surface area contributed by atoms with Gasteiger partial charge >= 0.3 is 5.97 Å². The van der Waals surface area contributed by atoms with Gasteiger partial charge in [0.2, 0.25) is 29.5 Å². The summed E-state index contributed by atoms with van der Waals surface area (Å²) in [5.41, 5.74) is 11.3. The Balaban J connectivity index is 3.11. The van der Waals surface area contributed by atoms with Crippen LogP contribution in [0.3, 0.4) is 0 Å². The number of carboxylic acid groups (broad SMARTS) is 1. The van der Waals surface area contributed by atoms with Crippen LogP contribution in [-0.2, 0) is 35.2 Å². The van der Waals surface area contributed by atoms with E-state index in [0.29, 0.717) is 5.56 Å². The molecule has 0 bridgehead atoms. The Morgan fingerprint density at radius 2 is 1.34 bits per heavy atom. The zero-order chi connectivity index (χ0) is 31.3. The molecule has 6 unspecified atom stereocenters. The Labute approximate surface area is 237 Å². The van der Waals surface area contributed by atoms with Gasteiger partial charge in [0, 0.05) is 6.42 Å². The van der Waals surface area contributed by atoms with Crippen LogP contribution in [0.2, 0.25) is 0 Å². The first-order valence-electron chi connectivity index (χ1n) is 13.0. The molecule has 41 heavy (non-hydrogen) atoms. The number of aliphatic hydroxyl groups excluding tert-OH is 2. The van der Waals surface area contributed by atoms with E-state index in [-0.39, 0.29) is 18.8 Å². The molecule has 0 aliphatic carbocycles. The van der Waals surface area contributed by atoms with Crippen LogP contribution in [0, 0.1) is 5.92 Å². The summed E-state index contributed by atoms with van der Waals surface area (Å²) in [5.74, 6) is -6.22. The topological polar surface area (TPSA) is 263 Å². The minimum Gasteiger partial charge on any atom is -0.480 e. The van der Waals surface area contributed by atoms with Gasteiger partial charge in [-0.1, -0.05) is 44.2 Å². The molecule has 1 aromatic carbocycles. The minimum atomic E-state index is -1.57. The Kier molecular flexibility index (Phi) is 14.4. The number of hydrogen-bond acceptors (Lipinski definition) is 9. The summed E-state index contributed by atoms with van der Waals surface area (Å²) in [5, 5.41) is 38.0. The van der Waals surface area contributed by atoms with Gasteiger partial charge in [0.15, 0.2) is 0 Å². The van der Waals surface area contributed by atoms with Crippen molar-refractivity contribution >= 4 is 35.5 Å². The van der Waals surface area contributed by atoms with E-state index in [1.807, 2.05) is 0 Å². The van der Waals surface area contributed by atoms with Crippen molar-refractivity contribution in [1.82, 2.24) is 21.3 Å². The second-order valence-electron chi connectivity index (χ2n) is 10.0. The molecule has 15 nitrogen and oxygen atoms in total. The van der Waals surface area contributed by atoms with Crippen LogP contribution < -0.4 is 32.7 Å². The van der Waals surface area contributed by atoms with E-state index in [0.717, 1.165) is 0 Å². The van der Waals surface area contributed by atoms with Crippen molar-refractivity contribution in [2.45, 2.75) is 76.3 Å². The van der Waals surface area contributed by atoms with E-state index in [1.54, 1.807) is 44.2 Å². The van der Waals surface area contributed by atoms with Crippen molar-refractivity contribution in [2.24, 2.45) is 17.4 Å². The molecule has 0 saturated heterocycles. The lowest BCUT2D eigenvalue weighted by molar-refractivity contribution is -0.142. The van der Waals surface area contributed by atoms with Crippen molar-refractivity contribution in [3.05, 3.63) is 35.9 Å². The fraction of sp³-hybridized carbons (Fsp3) is 0.538. The molecule has 0 radical (unpaired) electrons. The molecule has 0 saturated carbocycles. The van der Waals surface area contributed by atoms with Gasteiger partial charge in [-0.2, -0.15) is 0 Å². The van der Waals surface area contributed by atoms with Gasteiger partial charge in [-0.25, -0.2) is 4.79 Å². The summed E-state index contributed by atoms with van der Waals surface area (Å²) in [4.78, 5) is 74.7. The zero-order valence-electron chi connectivity index (χ0n) is 23.2. The van der Waals surface area contributed by atoms with E-state index in [2.05, 4.69) is 21.3 Å². The van der Waals surface area contributed by atoms with Crippen LogP contribution >= 0.6 is 0 Å². The maximum atomic E-state index is 13.2. The molecular formula is C26H40N6O9. The Bertz CT molecular complexity index is 1070. The highest BCUT2D eigenvalue weighted by atomic mass is 16.4. The lowest BCUT2D eigenvalue weighted by atomic mass is 10.0. The largest absolute Gasteiger partial charge is 0.480 e. The first-order chi connectivity index (χ1) is 19.2. The monoisotopic (exact) mass is 580 g/mol. The zero-order valence-corrected chi connectivity index (χ0v) is 23.2. The molecular weight excluding hydrogens is 540 g/mol. The highest BCUT2D eigenvalue weighted by Crippen LogP contribution is 2.09. The van der Waals surface area contributed by atoms with Gasteiger partial charge < -0.3 is 48.1 Å². The third kappa shape index (κ3) is 12.3. The molecule has 1 rings (SSSR count). The first kappa shape index (κ1) is 34.9. The van der Waals surface area contributed by atoms with Crippen LogP contribution in [0.15, 0.2) is 30.3 Å². The summed E-state index contributed by atoms with van der Waals surface area (Å²) in [7, 11) is 0. The van der Waals surface area contributed by atoms with Crippen molar-refractivity contribution in [2.75, 3.05) is 6.61 Å². The molecule has 0 fully saturated rings. The minimum absolute atomic E-state index is 0.0465. The molecule has 0 spiro atoms. The number of rotatable bonds is 17. The van der Waals surface area contributed by atoms with E-state index in [1.165, 1.54) is 6.92 Å². The molecule has 6 atom stereocenters. The van der Waals surface area contributed by atoms with Crippen molar-refractivity contribution in [3.63, 3.8) is 0 Å². The third-order valence-corrected chi connectivity index (χ3v) is 5.87. The predicted molar refractivity (Wildman–Crippen MR) is 146 cm³/mol. The van der Waals surface area contributed by atoms with Crippen molar-refractivity contribution in [1.29, 1.82) is 0 Å². The second kappa shape index (κ2) is 16.9. The number of nitrogens with one attached hydrogen (secondary N) is 4. The Morgan fingerprint density at radius 3 is 1.83 bits per heavy atom. The van der Waals surface area contributed by atoms with Crippen LogP contribution in [-0.4, -0.2) is 93.7 Å². The number of aliphatic hydroxyl groups is 2. The third-order valence-electron chi connectivity index (χ3n) is 5.87. The van der Waals surface area contributed by atoms with Crippen LogP contribution in [0.25, 0.3) is 0 Å². The number of primary amides is 1. The molecule has 0 aliphatic heterocycles. The molecule has 5 amide bonds. The molecule has 0 aliphatic rings. The lowest BCUT2D eigenvalue weighted by Gasteiger charge is -2.27. The first-order valence-corrected chi connectivity index (χ1v) is 13.0. The van der Waals surface area contributed by atoms with Gasteiger partial charge in [-0.15, -0.1) is 0 Å². The fourth-order valence-corrected chi connectivity index (χ4v) is 3.72. The molecule has 0 aromatic heterocycles. The Hall–Kier alpha value is -4.08. The predicted octanol–water partition coefficient (Wildman–Crippen LogP) is -3.13. The van der Waals surface area contributed by atoms with Gasteiger partial charge in [-0.05, 0) is 24.8 Å². The van der Waals surface area contributed by atoms with Crippen LogP contribution in [0.1, 0.15) is 39.2 Å². The van der Waals surface area contributed by atoms with Gasteiger partial charge in [0.05, 0.1) is 19.1 Å². The molecule has 15 heteroatoms. The SMILES string of the molecule is CC(C)CC(NC(=O)C(NC(=O)C(N)CO)C(C)O)C(=O)NC(CC(N)=O)C(=O)NC(Cc1ccccc1)C(=O)O.